The molecule has 0 radical (unpaired) electrons. The second-order valence-corrected chi connectivity index (χ2v) is 7.77. The molecule has 2 rings (SSSR count). The van der Waals surface area contributed by atoms with E-state index in [0.717, 1.165) is 17.4 Å². The van der Waals surface area contributed by atoms with Crippen LogP contribution in [0, 0.1) is 5.82 Å². The molecule has 0 aromatic heterocycles. The molecule has 0 saturated heterocycles. The Hall–Kier alpha value is -1.76. The van der Waals surface area contributed by atoms with Gasteiger partial charge in [0.15, 0.2) is 0 Å². The van der Waals surface area contributed by atoms with Crippen molar-refractivity contribution in [1.82, 2.24) is 4.90 Å². The minimum atomic E-state index is -1.32. The van der Waals surface area contributed by atoms with Crippen LogP contribution >= 0.6 is 15.9 Å². The van der Waals surface area contributed by atoms with Gasteiger partial charge in [0.2, 0.25) is 0 Å². The Morgan fingerprint density at radius 3 is 2.48 bits per heavy atom. The van der Waals surface area contributed by atoms with E-state index in [0.29, 0.717) is 23.1 Å². The van der Waals surface area contributed by atoms with Gasteiger partial charge in [-0.1, -0.05) is 34.1 Å². The number of halogens is 2. The third kappa shape index (κ3) is 5.86. The summed E-state index contributed by atoms with van der Waals surface area (Å²) in [6.07, 6.45) is 1.19. The summed E-state index contributed by atoms with van der Waals surface area (Å²) in [7, 11) is 3.95. The summed E-state index contributed by atoms with van der Waals surface area (Å²) in [6.45, 7) is 2.21. The molecule has 1 atom stereocenters. The fourth-order valence-electron chi connectivity index (χ4n) is 3.08. The van der Waals surface area contributed by atoms with Crippen molar-refractivity contribution >= 4 is 21.9 Å². The van der Waals surface area contributed by atoms with E-state index in [1.165, 1.54) is 19.1 Å². The summed E-state index contributed by atoms with van der Waals surface area (Å²) in [4.78, 5) is 13.3. The van der Waals surface area contributed by atoms with Gasteiger partial charge < -0.3 is 14.7 Å². The Labute approximate surface area is 168 Å². The number of nitrogens with zero attached hydrogens (tertiary/aromatic N) is 1. The van der Waals surface area contributed by atoms with Gasteiger partial charge in [0.25, 0.3) is 0 Å². The van der Waals surface area contributed by atoms with E-state index in [-0.39, 0.29) is 18.4 Å². The van der Waals surface area contributed by atoms with Gasteiger partial charge in [-0.05, 0) is 74.4 Å². The van der Waals surface area contributed by atoms with Gasteiger partial charge in [-0.25, -0.2) is 4.39 Å². The maximum absolute atomic E-state index is 13.4. The topological polar surface area (TPSA) is 49.8 Å². The van der Waals surface area contributed by atoms with Crippen LogP contribution in [0.3, 0.4) is 0 Å². The van der Waals surface area contributed by atoms with E-state index in [9.17, 15) is 14.3 Å². The number of rotatable bonds is 8. The normalized spacial score (nSPS) is 13.4. The van der Waals surface area contributed by atoms with E-state index in [1.54, 1.807) is 12.1 Å². The molecule has 0 unspecified atom stereocenters. The lowest BCUT2D eigenvalue weighted by atomic mass is 9.80. The molecule has 0 fully saturated rings. The molecule has 6 heteroatoms. The Morgan fingerprint density at radius 2 is 1.89 bits per heavy atom. The predicted octanol–water partition coefficient (Wildman–Crippen LogP) is 4.23. The van der Waals surface area contributed by atoms with Crippen LogP contribution in [0.25, 0.3) is 0 Å². The van der Waals surface area contributed by atoms with E-state index in [4.69, 9.17) is 4.74 Å². The molecule has 0 aliphatic rings. The molecule has 0 saturated carbocycles. The van der Waals surface area contributed by atoms with E-state index in [2.05, 4.69) is 15.9 Å². The van der Waals surface area contributed by atoms with Crippen LogP contribution in [0.5, 0.6) is 0 Å². The van der Waals surface area contributed by atoms with Crippen LogP contribution < -0.4 is 0 Å². The van der Waals surface area contributed by atoms with Crippen molar-refractivity contribution in [2.24, 2.45) is 0 Å². The van der Waals surface area contributed by atoms with Crippen molar-refractivity contribution in [2.45, 2.75) is 32.0 Å². The van der Waals surface area contributed by atoms with Crippen molar-refractivity contribution in [2.75, 3.05) is 20.6 Å². The number of hydrogen-bond donors (Lipinski definition) is 1. The first-order chi connectivity index (χ1) is 12.7. The van der Waals surface area contributed by atoms with Crippen molar-refractivity contribution < 1.29 is 19.0 Å². The Kier molecular flexibility index (Phi) is 7.53. The highest BCUT2D eigenvalue weighted by Crippen LogP contribution is 2.37. The number of ether oxygens (including phenoxy) is 1. The van der Waals surface area contributed by atoms with Crippen LogP contribution in [0.15, 0.2) is 46.9 Å². The van der Waals surface area contributed by atoms with E-state index in [1.807, 2.05) is 37.2 Å². The SMILES string of the molecule is CC(=O)OCc1cc(Br)ccc1[C@](O)(CCCN(C)C)c1ccc(F)cc1. The lowest BCUT2D eigenvalue weighted by Gasteiger charge is -2.32. The molecule has 146 valence electrons. The highest BCUT2D eigenvalue weighted by atomic mass is 79.9. The van der Waals surface area contributed by atoms with E-state index < -0.39 is 5.60 Å². The zero-order valence-electron chi connectivity index (χ0n) is 15.8. The quantitative estimate of drug-likeness (QED) is 0.627. The predicted molar refractivity (Wildman–Crippen MR) is 107 cm³/mol. The minimum absolute atomic E-state index is 0.0568. The molecule has 0 spiro atoms. The van der Waals surface area contributed by atoms with Gasteiger partial charge in [-0.15, -0.1) is 0 Å². The maximum Gasteiger partial charge on any atom is 0.302 e. The average molecular weight is 438 g/mol. The summed E-state index contributed by atoms with van der Waals surface area (Å²) in [5, 5.41) is 11.7. The molecule has 2 aromatic rings. The summed E-state index contributed by atoms with van der Waals surface area (Å²) >= 11 is 3.43. The fraction of sp³-hybridized carbons (Fsp3) is 0.381. The molecule has 1 N–H and O–H groups in total. The first-order valence-corrected chi connectivity index (χ1v) is 9.57. The lowest BCUT2D eigenvalue weighted by molar-refractivity contribution is -0.142. The fourth-order valence-corrected chi connectivity index (χ4v) is 3.48. The molecule has 0 heterocycles. The van der Waals surface area contributed by atoms with Crippen molar-refractivity contribution in [3.05, 3.63) is 69.4 Å². The second kappa shape index (κ2) is 9.44. The molecule has 0 aliphatic carbocycles. The zero-order valence-corrected chi connectivity index (χ0v) is 17.4. The Morgan fingerprint density at radius 1 is 1.22 bits per heavy atom. The Bertz CT molecular complexity index is 779. The third-order valence-electron chi connectivity index (χ3n) is 4.41. The van der Waals surface area contributed by atoms with Crippen LogP contribution in [0.4, 0.5) is 4.39 Å². The van der Waals surface area contributed by atoms with Gasteiger partial charge in [0.1, 0.15) is 18.0 Å². The zero-order chi connectivity index (χ0) is 20.0. The van der Waals surface area contributed by atoms with Gasteiger partial charge in [0.05, 0.1) is 0 Å². The monoisotopic (exact) mass is 437 g/mol. The highest BCUT2D eigenvalue weighted by molar-refractivity contribution is 9.10. The molecule has 0 amide bonds. The maximum atomic E-state index is 13.4. The number of esters is 1. The summed E-state index contributed by atoms with van der Waals surface area (Å²) in [6, 6.07) is 11.4. The first kappa shape index (κ1) is 21.5. The van der Waals surface area contributed by atoms with Crippen LogP contribution in [0.2, 0.25) is 0 Å². The number of hydrogen-bond acceptors (Lipinski definition) is 4. The van der Waals surface area contributed by atoms with Gasteiger partial charge >= 0.3 is 5.97 Å². The molecule has 27 heavy (non-hydrogen) atoms. The van der Waals surface area contributed by atoms with Gasteiger partial charge in [-0.3, -0.25) is 4.79 Å². The van der Waals surface area contributed by atoms with Crippen molar-refractivity contribution in [3.8, 4) is 0 Å². The number of carbonyl (C=O) groups excluding carboxylic acids is 1. The van der Waals surface area contributed by atoms with Crippen molar-refractivity contribution in [1.29, 1.82) is 0 Å². The Balaban J connectivity index is 2.49. The number of aliphatic hydroxyl groups is 1. The molecule has 4 nitrogen and oxygen atoms in total. The molecular formula is C21H25BrFNO3. The lowest BCUT2D eigenvalue weighted by Crippen LogP contribution is -2.30. The first-order valence-electron chi connectivity index (χ1n) is 8.78. The van der Waals surface area contributed by atoms with Gasteiger partial charge in [0, 0.05) is 11.4 Å². The summed E-state index contributed by atoms with van der Waals surface area (Å²) < 4.78 is 19.4. The van der Waals surface area contributed by atoms with Gasteiger partial charge in [-0.2, -0.15) is 0 Å². The second-order valence-electron chi connectivity index (χ2n) is 6.86. The largest absolute Gasteiger partial charge is 0.461 e. The smallest absolute Gasteiger partial charge is 0.302 e. The number of carbonyl (C=O) groups is 1. The third-order valence-corrected chi connectivity index (χ3v) is 4.90. The van der Waals surface area contributed by atoms with Crippen molar-refractivity contribution in [3.63, 3.8) is 0 Å². The van der Waals surface area contributed by atoms with E-state index >= 15 is 0 Å². The standard InChI is InChI=1S/C21H25BrFNO3/c1-15(25)27-14-16-13-18(22)7-10-20(16)21(26,11-4-12-24(2)3)17-5-8-19(23)9-6-17/h5-10,13,26H,4,11-12,14H2,1-3H3/t21-/m0/s1. The van der Waals surface area contributed by atoms with Crippen LogP contribution in [-0.2, 0) is 21.7 Å². The van der Waals surface area contributed by atoms with Crippen LogP contribution in [-0.4, -0.2) is 36.6 Å². The summed E-state index contributed by atoms with van der Waals surface area (Å²) in [5.74, 6) is -0.746. The molecule has 2 aromatic carbocycles. The summed E-state index contributed by atoms with van der Waals surface area (Å²) in [5.41, 5.74) is 0.641. The van der Waals surface area contributed by atoms with Crippen LogP contribution in [0.1, 0.15) is 36.5 Å². The molecule has 0 aliphatic heterocycles. The molecule has 0 bridgehead atoms. The molecular weight excluding hydrogens is 413 g/mol. The average Bonchev–Trinajstić information content (AvgIpc) is 2.60. The highest BCUT2D eigenvalue weighted by Gasteiger charge is 2.33. The minimum Gasteiger partial charge on any atom is -0.461 e. The number of benzene rings is 2.